The quantitative estimate of drug-likeness (QED) is 0.696. The average Bonchev–Trinajstić information content (AvgIpc) is 2.72. The Kier molecular flexibility index (Phi) is 9.07. The molecular weight excluding hydrogens is 408 g/mol. The maximum atomic E-state index is 13.0. The molecule has 0 aromatic heterocycles. The fourth-order valence-corrected chi connectivity index (χ4v) is 3.56. The molecule has 1 aliphatic rings. The first-order valence-electron chi connectivity index (χ1n) is 11.3. The third kappa shape index (κ3) is 7.82. The summed E-state index contributed by atoms with van der Waals surface area (Å²) in [4.78, 5) is 42.6. The normalized spacial score (nSPS) is 15.8. The van der Waals surface area contributed by atoms with Gasteiger partial charge < -0.3 is 19.9 Å². The molecule has 0 saturated carbocycles. The number of carbonyl (C=O) groups is 3. The molecule has 1 aromatic rings. The molecule has 0 spiro atoms. The molecule has 3 amide bonds. The Hall–Kier alpha value is -2.61. The van der Waals surface area contributed by atoms with Crippen LogP contribution >= 0.6 is 0 Å². The summed E-state index contributed by atoms with van der Waals surface area (Å²) >= 11 is 0. The van der Waals surface area contributed by atoms with Gasteiger partial charge in [0.05, 0.1) is 12.5 Å². The third-order valence-electron chi connectivity index (χ3n) is 5.35. The van der Waals surface area contributed by atoms with Crippen LogP contribution in [0.4, 0.5) is 10.5 Å². The number of piperazine rings is 1. The summed E-state index contributed by atoms with van der Waals surface area (Å²) in [5.41, 5.74) is 1.10. The van der Waals surface area contributed by atoms with Gasteiger partial charge in [0.25, 0.3) is 0 Å². The van der Waals surface area contributed by atoms with E-state index in [9.17, 15) is 14.4 Å². The Morgan fingerprint density at radius 3 is 2.16 bits per heavy atom. The molecule has 32 heavy (non-hydrogen) atoms. The summed E-state index contributed by atoms with van der Waals surface area (Å²) < 4.78 is 5.46. The number of nitrogens with zero attached hydrogens (tertiary/aromatic N) is 3. The van der Waals surface area contributed by atoms with Gasteiger partial charge >= 0.3 is 6.09 Å². The van der Waals surface area contributed by atoms with Gasteiger partial charge in [-0.25, -0.2) is 4.79 Å². The summed E-state index contributed by atoms with van der Waals surface area (Å²) in [6, 6.07) is 7.15. The number of likely N-dealkylation sites (N-methyl/N-ethyl adjacent to an activating group) is 1. The van der Waals surface area contributed by atoms with Crippen LogP contribution in [0.5, 0.6) is 0 Å². The van der Waals surface area contributed by atoms with Crippen molar-refractivity contribution in [3.63, 3.8) is 0 Å². The summed E-state index contributed by atoms with van der Waals surface area (Å²) in [5.74, 6) is -0.00925. The van der Waals surface area contributed by atoms with E-state index in [-0.39, 0.29) is 23.9 Å². The van der Waals surface area contributed by atoms with Crippen LogP contribution in [0.15, 0.2) is 24.3 Å². The first-order valence-corrected chi connectivity index (χ1v) is 11.3. The van der Waals surface area contributed by atoms with Gasteiger partial charge in [0, 0.05) is 46.0 Å². The first kappa shape index (κ1) is 25.6. The van der Waals surface area contributed by atoms with Crippen LogP contribution in [0.25, 0.3) is 0 Å². The maximum absolute atomic E-state index is 13.0. The van der Waals surface area contributed by atoms with Crippen molar-refractivity contribution in [1.82, 2.24) is 14.7 Å². The van der Waals surface area contributed by atoms with E-state index in [1.807, 2.05) is 45.0 Å². The Balaban J connectivity index is 1.94. The lowest BCUT2D eigenvalue weighted by Crippen LogP contribution is -2.55. The molecule has 8 nitrogen and oxygen atoms in total. The second-order valence-corrected chi connectivity index (χ2v) is 9.46. The van der Waals surface area contributed by atoms with Crippen LogP contribution in [0.2, 0.25) is 0 Å². The largest absolute Gasteiger partial charge is 0.444 e. The van der Waals surface area contributed by atoms with Crippen molar-refractivity contribution in [2.45, 2.75) is 58.6 Å². The predicted molar refractivity (Wildman–Crippen MR) is 126 cm³/mol. The van der Waals surface area contributed by atoms with Gasteiger partial charge in [-0.05, 0) is 44.9 Å². The zero-order valence-electron chi connectivity index (χ0n) is 20.3. The number of anilines is 1. The number of hydrogen-bond acceptors (Lipinski definition) is 5. The van der Waals surface area contributed by atoms with E-state index in [1.165, 1.54) is 0 Å². The van der Waals surface area contributed by atoms with Gasteiger partial charge in [-0.3, -0.25) is 14.5 Å². The molecule has 0 radical (unpaired) electrons. The Morgan fingerprint density at radius 2 is 1.66 bits per heavy atom. The van der Waals surface area contributed by atoms with Crippen LogP contribution < -0.4 is 5.32 Å². The zero-order valence-corrected chi connectivity index (χ0v) is 20.3. The number of nitrogens with one attached hydrogen (secondary N) is 1. The van der Waals surface area contributed by atoms with E-state index in [0.717, 1.165) is 18.4 Å². The van der Waals surface area contributed by atoms with Gasteiger partial charge in [0.15, 0.2) is 0 Å². The Labute approximate surface area is 191 Å². The van der Waals surface area contributed by atoms with Crippen molar-refractivity contribution in [2.24, 2.45) is 0 Å². The van der Waals surface area contributed by atoms with Crippen LogP contribution in [0.3, 0.4) is 0 Å². The van der Waals surface area contributed by atoms with Crippen molar-refractivity contribution in [3.05, 3.63) is 29.8 Å². The first-order chi connectivity index (χ1) is 15.0. The molecule has 1 unspecified atom stereocenters. The minimum absolute atomic E-state index is 0.0373. The molecule has 178 valence electrons. The van der Waals surface area contributed by atoms with Crippen molar-refractivity contribution < 1.29 is 19.1 Å². The van der Waals surface area contributed by atoms with Crippen LogP contribution in [-0.4, -0.2) is 84.5 Å². The second kappa shape index (κ2) is 11.3. The molecular formula is C24H38N4O4. The monoisotopic (exact) mass is 446 g/mol. The van der Waals surface area contributed by atoms with E-state index >= 15 is 0 Å². The zero-order chi connectivity index (χ0) is 23.9. The lowest BCUT2D eigenvalue weighted by atomic mass is 10.1. The van der Waals surface area contributed by atoms with Crippen LogP contribution in [0.1, 0.15) is 46.1 Å². The van der Waals surface area contributed by atoms with Gasteiger partial charge in [-0.1, -0.05) is 25.5 Å². The van der Waals surface area contributed by atoms with Gasteiger partial charge in [0.1, 0.15) is 5.60 Å². The number of ether oxygens (including phenoxy) is 1. The van der Waals surface area contributed by atoms with Crippen molar-refractivity contribution in [1.29, 1.82) is 0 Å². The summed E-state index contributed by atoms with van der Waals surface area (Å²) in [6.45, 7) is 9.97. The standard InChI is InChI=1S/C24H38N4O4/c1-7-8-20(27-13-15-28(16-14-27)23(31)32-24(2,3)4)22(30)25-19-11-9-18(10-12-19)17-21(29)26(5)6/h9-12,20H,7-8,13-17H2,1-6H3,(H,25,30). The van der Waals surface area contributed by atoms with Gasteiger partial charge in [-0.2, -0.15) is 0 Å². The molecule has 0 aliphatic carbocycles. The predicted octanol–water partition coefficient (Wildman–Crippen LogP) is 2.98. The van der Waals surface area contributed by atoms with E-state index < -0.39 is 5.60 Å². The van der Waals surface area contributed by atoms with Gasteiger partial charge in [0.2, 0.25) is 11.8 Å². The topological polar surface area (TPSA) is 82.2 Å². The summed E-state index contributed by atoms with van der Waals surface area (Å²) in [7, 11) is 3.47. The van der Waals surface area contributed by atoms with E-state index in [0.29, 0.717) is 38.3 Å². The third-order valence-corrected chi connectivity index (χ3v) is 5.35. The van der Waals surface area contributed by atoms with Crippen molar-refractivity contribution in [3.8, 4) is 0 Å². The SMILES string of the molecule is CCCC(C(=O)Nc1ccc(CC(=O)N(C)C)cc1)N1CCN(C(=O)OC(C)(C)C)CC1. The van der Waals surface area contributed by atoms with E-state index in [2.05, 4.69) is 17.1 Å². The highest BCUT2D eigenvalue weighted by molar-refractivity contribution is 5.95. The highest BCUT2D eigenvalue weighted by Crippen LogP contribution is 2.17. The smallest absolute Gasteiger partial charge is 0.410 e. The molecule has 1 heterocycles. The number of rotatable bonds is 7. The van der Waals surface area contributed by atoms with Crippen LogP contribution in [-0.2, 0) is 20.7 Å². The molecule has 8 heteroatoms. The molecule has 1 N–H and O–H groups in total. The summed E-state index contributed by atoms with van der Waals surface area (Å²) in [6.07, 6.45) is 1.66. The molecule has 1 saturated heterocycles. The number of hydrogen-bond donors (Lipinski definition) is 1. The fourth-order valence-electron chi connectivity index (χ4n) is 3.56. The second-order valence-electron chi connectivity index (χ2n) is 9.46. The lowest BCUT2D eigenvalue weighted by Gasteiger charge is -2.39. The number of benzene rings is 1. The highest BCUT2D eigenvalue weighted by atomic mass is 16.6. The van der Waals surface area contributed by atoms with E-state index in [4.69, 9.17) is 4.74 Å². The number of amides is 3. The fraction of sp³-hybridized carbons (Fsp3) is 0.625. The number of carbonyl (C=O) groups excluding carboxylic acids is 3. The average molecular weight is 447 g/mol. The lowest BCUT2D eigenvalue weighted by molar-refractivity contribution is -0.128. The van der Waals surface area contributed by atoms with Crippen molar-refractivity contribution >= 4 is 23.6 Å². The Morgan fingerprint density at radius 1 is 1.06 bits per heavy atom. The van der Waals surface area contributed by atoms with E-state index in [1.54, 1.807) is 23.9 Å². The Bertz CT molecular complexity index is 778. The molecule has 1 aliphatic heterocycles. The molecule has 2 rings (SSSR count). The molecule has 1 atom stereocenters. The van der Waals surface area contributed by atoms with Crippen LogP contribution in [0, 0.1) is 0 Å². The van der Waals surface area contributed by atoms with Crippen molar-refractivity contribution in [2.75, 3.05) is 45.6 Å². The highest BCUT2D eigenvalue weighted by Gasteiger charge is 2.31. The summed E-state index contributed by atoms with van der Waals surface area (Å²) in [5, 5.41) is 3.01. The van der Waals surface area contributed by atoms with Gasteiger partial charge in [-0.15, -0.1) is 0 Å². The molecule has 1 aromatic carbocycles. The molecule has 0 bridgehead atoms. The minimum atomic E-state index is -0.520. The maximum Gasteiger partial charge on any atom is 0.410 e. The molecule has 1 fully saturated rings. The minimum Gasteiger partial charge on any atom is -0.444 e.